The number of ether oxygens (including phenoxy) is 1. The van der Waals surface area contributed by atoms with E-state index < -0.39 is 0 Å². The first-order valence-corrected chi connectivity index (χ1v) is 8.84. The molecule has 1 aromatic rings. The first kappa shape index (κ1) is 18.2. The van der Waals surface area contributed by atoms with Crippen molar-refractivity contribution >= 4 is 0 Å². The lowest BCUT2D eigenvalue weighted by atomic mass is 9.80. The number of hydrogen-bond donors (Lipinski definition) is 2. The van der Waals surface area contributed by atoms with Gasteiger partial charge in [0.05, 0.1) is 6.61 Å². The van der Waals surface area contributed by atoms with Gasteiger partial charge in [-0.2, -0.15) is 0 Å². The van der Waals surface area contributed by atoms with Crippen LogP contribution in [0.25, 0.3) is 0 Å². The Morgan fingerprint density at radius 1 is 1.22 bits per heavy atom. The minimum atomic E-state index is 0.236. The molecule has 23 heavy (non-hydrogen) atoms. The van der Waals surface area contributed by atoms with Crippen LogP contribution in [0.1, 0.15) is 38.2 Å². The monoisotopic (exact) mass is 320 g/mol. The summed E-state index contributed by atoms with van der Waals surface area (Å²) in [5.41, 5.74) is 1.62. The maximum absolute atomic E-state index is 8.83. The summed E-state index contributed by atoms with van der Waals surface area (Å²) in [4.78, 5) is 2.41. The number of hydrogen-bond acceptors (Lipinski definition) is 4. The van der Waals surface area contributed by atoms with Crippen LogP contribution >= 0.6 is 0 Å². The molecule has 1 aliphatic rings. The van der Waals surface area contributed by atoms with E-state index in [0.29, 0.717) is 12.0 Å². The zero-order chi connectivity index (χ0) is 16.5. The second-order valence-corrected chi connectivity index (χ2v) is 7.10. The van der Waals surface area contributed by atoms with Crippen LogP contribution in [0.2, 0.25) is 0 Å². The molecule has 0 aromatic heterocycles. The first-order valence-electron chi connectivity index (χ1n) is 8.84. The lowest BCUT2D eigenvalue weighted by molar-refractivity contribution is 0.136. The van der Waals surface area contributed by atoms with Gasteiger partial charge in [-0.25, -0.2) is 0 Å². The molecule has 1 heterocycles. The topological polar surface area (TPSA) is 44.7 Å². The summed E-state index contributed by atoms with van der Waals surface area (Å²) >= 11 is 0. The van der Waals surface area contributed by atoms with E-state index in [0.717, 1.165) is 31.7 Å². The van der Waals surface area contributed by atoms with E-state index in [1.165, 1.54) is 31.5 Å². The summed E-state index contributed by atoms with van der Waals surface area (Å²) in [7, 11) is 2.21. The van der Waals surface area contributed by atoms with Crippen molar-refractivity contribution in [2.24, 2.45) is 5.41 Å². The summed E-state index contributed by atoms with van der Waals surface area (Å²) < 4.78 is 5.86. The molecule has 0 atom stereocenters. The van der Waals surface area contributed by atoms with Crippen molar-refractivity contribution in [3.05, 3.63) is 29.8 Å². The molecule has 2 N–H and O–H groups in total. The number of nitrogens with zero attached hydrogens (tertiary/aromatic N) is 1. The molecule has 0 aliphatic carbocycles. The number of likely N-dealkylation sites (tertiary alicyclic amines) is 1. The molecule has 0 spiro atoms. The fraction of sp³-hybridized carbons (Fsp3) is 0.684. The number of para-hydroxylation sites is 1. The summed E-state index contributed by atoms with van der Waals surface area (Å²) in [6.45, 7) is 7.60. The largest absolute Gasteiger partial charge is 0.493 e. The van der Waals surface area contributed by atoms with Gasteiger partial charge in [-0.05, 0) is 57.3 Å². The first-order chi connectivity index (χ1) is 11.1. The van der Waals surface area contributed by atoms with Crippen LogP contribution in [0, 0.1) is 5.41 Å². The number of unbranched alkanes of at least 4 members (excludes halogenated alkanes) is 1. The minimum absolute atomic E-state index is 0.236. The minimum Gasteiger partial charge on any atom is -0.493 e. The molecule has 0 unspecified atom stereocenters. The van der Waals surface area contributed by atoms with E-state index in [-0.39, 0.29) is 6.61 Å². The summed E-state index contributed by atoms with van der Waals surface area (Å²) in [6, 6.07) is 8.25. The molecule has 0 bridgehead atoms. The Kier molecular flexibility index (Phi) is 7.34. The molecule has 4 heteroatoms. The smallest absolute Gasteiger partial charge is 0.123 e. The van der Waals surface area contributed by atoms with Crippen molar-refractivity contribution in [1.29, 1.82) is 0 Å². The molecule has 130 valence electrons. The van der Waals surface area contributed by atoms with E-state index in [4.69, 9.17) is 9.84 Å². The van der Waals surface area contributed by atoms with Crippen LogP contribution < -0.4 is 10.1 Å². The molecule has 0 radical (unpaired) electrons. The summed E-state index contributed by atoms with van der Waals surface area (Å²) in [5.74, 6) is 0.964. The zero-order valence-electron chi connectivity index (χ0n) is 14.7. The third-order valence-corrected chi connectivity index (χ3v) is 4.84. The average molecular weight is 320 g/mol. The molecule has 1 fully saturated rings. The third kappa shape index (κ3) is 6.13. The van der Waals surface area contributed by atoms with E-state index in [2.05, 4.69) is 36.3 Å². The predicted molar refractivity (Wildman–Crippen MR) is 94.8 cm³/mol. The molecular formula is C19H32N2O2. The van der Waals surface area contributed by atoms with Crippen molar-refractivity contribution in [3.8, 4) is 5.75 Å². The molecule has 0 saturated carbocycles. The fourth-order valence-corrected chi connectivity index (χ4v) is 3.02. The van der Waals surface area contributed by atoms with Crippen LogP contribution in [0.3, 0.4) is 0 Å². The number of nitrogens with one attached hydrogen (secondary N) is 1. The van der Waals surface area contributed by atoms with Gasteiger partial charge in [-0.15, -0.1) is 0 Å². The van der Waals surface area contributed by atoms with Gasteiger partial charge in [-0.3, -0.25) is 0 Å². The summed E-state index contributed by atoms with van der Waals surface area (Å²) in [5, 5.41) is 12.5. The Balaban J connectivity index is 1.78. The molecule has 1 aromatic carbocycles. The van der Waals surface area contributed by atoms with Gasteiger partial charge in [0.1, 0.15) is 5.75 Å². The quantitative estimate of drug-likeness (QED) is 0.687. The summed E-state index contributed by atoms with van der Waals surface area (Å²) in [6.07, 6.45) is 4.21. The molecular weight excluding hydrogens is 288 g/mol. The fourth-order valence-electron chi connectivity index (χ4n) is 3.02. The second-order valence-electron chi connectivity index (χ2n) is 7.10. The molecule has 2 rings (SSSR count). The second kappa shape index (κ2) is 9.26. The Bertz CT molecular complexity index is 456. The van der Waals surface area contributed by atoms with Crippen LogP contribution in [0.15, 0.2) is 24.3 Å². The van der Waals surface area contributed by atoms with Gasteiger partial charge < -0.3 is 20.1 Å². The highest BCUT2D eigenvalue weighted by Gasteiger charge is 2.28. The Labute approximate surface area is 140 Å². The number of rotatable bonds is 9. The van der Waals surface area contributed by atoms with E-state index in [9.17, 15) is 0 Å². The van der Waals surface area contributed by atoms with Crippen molar-refractivity contribution < 1.29 is 9.84 Å². The van der Waals surface area contributed by atoms with Gasteiger partial charge in [-0.1, -0.05) is 25.1 Å². The standard InChI is InChI=1S/C19H32N2O2/c1-19(9-11-21(2)12-10-19)16-20-15-17-7-3-4-8-18(17)23-14-6-5-13-22/h3-4,7-8,20,22H,5-6,9-16H2,1-2H3. The lowest BCUT2D eigenvalue weighted by Crippen LogP contribution is -2.41. The van der Waals surface area contributed by atoms with Crippen LogP contribution in [0.5, 0.6) is 5.75 Å². The zero-order valence-corrected chi connectivity index (χ0v) is 14.7. The van der Waals surface area contributed by atoms with Gasteiger partial charge in [0.2, 0.25) is 0 Å². The van der Waals surface area contributed by atoms with Gasteiger partial charge in [0.15, 0.2) is 0 Å². The molecule has 1 saturated heterocycles. The molecule has 4 nitrogen and oxygen atoms in total. The van der Waals surface area contributed by atoms with Gasteiger partial charge in [0.25, 0.3) is 0 Å². The predicted octanol–water partition coefficient (Wildman–Crippen LogP) is 2.66. The van der Waals surface area contributed by atoms with Crippen LogP contribution in [-0.4, -0.2) is 49.9 Å². The maximum Gasteiger partial charge on any atom is 0.123 e. The number of aliphatic hydroxyl groups excluding tert-OH is 1. The van der Waals surface area contributed by atoms with E-state index in [1.54, 1.807) is 0 Å². The third-order valence-electron chi connectivity index (χ3n) is 4.84. The Hall–Kier alpha value is -1.10. The van der Waals surface area contributed by atoms with Gasteiger partial charge >= 0.3 is 0 Å². The van der Waals surface area contributed by atoms with Crippen molar-refractivity contribution in [3.63, 3.8) is 0 Å². The lowest BCUT2D eigenvalue weighted by Gasteiger charge is -2.38. The van der Waals surface area contributed by atoms with Crippen molar-refractivity contribution in [2.45, 2.75) is 39.2 Å². The highest BCUT2D eigenvalue weighted by atomic mass is 16.5. The number of aliphatic hydroxyl groups is 1. The molecule has 1 aliphatic heterocycles. The average Bonchev–Trinajstić information content (AvgIpc) is 2.56. The maximum atomic E-state index is 8.83. The number of benzene rings is 1. The number of piperidine rings is 1. The SMILES string of the molecule is CN1CCC(C)(CNCc2ccccc2OCCCCO)CC1. The van der Waals surface area contributed by atoms with Gasteiger partial charge in [0, 0.05) is 25.3 Å². The molecule has 0 amide bonds. The van der Waals surface area contributed by atoms with Crippen LogP contribution in [-0.2, 0) is 6.54 Å². The van der Waals surface area contributed by atoms with Crippen LogP contribution in [0.4, 0.5) is 0 Å². The van der Waals surface area contributed by atoms with E-state index in [1.807, 2.05) is 12.1 Å². The highest BCUT2D eigenvalue weighted by Crippen LogP contribution is 2.29. The van der Waals surface area contributed by atoms with E-state index >= 15 is 0 Å². The normalized spacial score (nSPS) is 18.0. The highest BCUT2D eigenvalue weighted by molar-refractivity contribution is 5.33. The Morgan fingerprint density at radius 2 is 1.96 bits per heavy atom. The van der Waals surface area contributed by atoms with Crippen molar-refractivity contribution in [2.75, 3.05) is 39.9 Å². The Morgan fingerprint density at radius 3 is 2.70 bits per heavy atom. The van der Waals surface area contributed by atoms with Crippen molar-refractivity contribution in [1.82, 2.24) is 10.2 Å².